The Labute approximate surface area is 88.7 Å². The van der Waals surface area contributed by atoms with Gasteiger partial charge >= 0.3 is 0 Å². The van der Waals surface area contributed by atoms with Crippen molar-refractivity contribution in [2.45, 2.75) is 25.5 Å². The van der Waals surface area contributed by atoms with Gasteiger partial charge in [-0.3, -0.25) is 0 Å². The molecule has 0 bridgehead atoms. The van der Waals surface area contributed by atoms with Crippen molar-refractivity contribution in [1.29, 1.82) is 0 Å². The maximum absolute atomic E-state index is 12.9. The van der Waals surface area contributed by atoms with Crippen molar-refractivity contribution >= 4 is 0 Å². The molecular weight excluding hydrogens is 197 g/mol. The molecule has 15 heavy (non-hydrogen) atoms. The van der Waals surface area contributed by atoms with Gasteiger partial charge in [-0.2, -0.15) is 0 Å². The topological polar surface area (TPSA) is 55.5 Å². The zero-order valence-electron chi connectivity index (χ0n) is 8.90. The van der Waals surface area contributed by atoms with Crippen molar-refractivity contribution < 1.29 is 14.2 Å². The predicted molar refractivity (Wildman–Crippen MR) is 56.2 cm³/mol. The third-order valence-corrected chi connectivity index (χ3v) is 2.39. The average Bonchev–Trinajstić information content (AvgIpc) is 2.26. The first-order chi connectivity index (χ1) is 7.10. The molecule has 3 N–H and O–H groups in total. The fourth-order valence-electron chi connectivity index (χ4n) is 1.42. The van der Waals surface area contributed by atoms with Crippen LogP contribution in [0.3, 0.4) is 0 Å². The molecule has 0 fully saturated rings. The Hall–Kier alpha value is -1.13. The molecule has 1 aromatic rings. The van der Waals surface area contributed by atoms with Crippen LogP contribution in [0.1, 0.15) is 24.9 Å². The number of methoxy groups -OCH3 is 1. The molecule has 0 aromatic heterocycles. The molecule has 1 rings (SSSR count). The van der Waals surface area contributed by atoms with E-state index in [9.17, 15) is 9.50 Å². The zero-order chi connectivity index (χ0) is 11.4. The van der Waals surface area contributed by atoms with Crippen LogP contribution in [0.2, 0.25) is 0 Å². The third kappa shape index (κ3) is 2.67. The fourth-order valence-corrected chi connectivity index (χ4v) is 1.42. The number of nitrogens with two attached hydrogens (primary N) is 1. The molecule has 0 spiro atoms. The number of rotatable bonds is 4. The van der Waals surface area contributed by atoms with Gasteiger partial charge in [0.1, 0.15) is 11.6 Å². The van der Waals surface area contributed by atoms with Crippen molar-refractivity contribution in [3.8, 4) is 5.75 Å². The van der Waals surface area contributed by atoms with Gasteiger partial charge in [-0.25, -0.2) is 4.39 Å². The van der Waals surface area contributed by atoms with E-state index >= 15 is 0 Å². The van der Waals surface area contributed by atoms with Crippen molar-refractivity contribution in [3.05, 3.63) is 29.6 Å². The molecule has 4 heteroatoms. The van der Waals surface area contributed by atoms with E-state index in [0.717, 1.165) is 0 Å². The highest BCUT2D eigenvalue weighted by atomic mass is 19.1. The van der Waals surface area contributed by atoms with E-state index in [4.69, 9.17) is 10.5 Å². The molecule has 0 aliphatic heterocycles. The summed E-state index contributed by atoms with van der Waals surface area (Å²) >= 11 is 0. The molecule has 0 heterocycles. The van der Waals surface area contributed by atoms with Gasteiger partial charge in [0, 0.05) is 11.6 Å². The highest BCUT2D eigenvalue weighted by Gasteiger charge is 2.19. The van der Waals surface area contributed by atoms with E-state index in [2.05, 4.69) is 0 Å². The Morgan fingerprint density at radius 2 is 2.20 bits per heavy atom. The zero-order valence-corrected chi connectivity index (χ0v) is 8.90. The second-order valence-corrected chi connectivity index (χ2v) is 3.39. The highest BCUT2D eigenvalue weighted by molar-refractivity contribution is 5.36. The maximum atomic E-state index is 12.9. The summed E-state index contributed by atoms with van der Waals surface area (Å²) < 4.78 is 17.9. The number of ether oxygens (including phenoxy) is 1. The summed E-state index contributed by atoms with van der Waals surface area (Å²) in [5.41, 5.74) is 6.44. The van der Waals surface area contributed by atoms with Gasteiger partial charge < -0.3 is 15.6 Å². The van der Waals surface area contributed by atoms with Crippen molar-refractivity contribution in [2.24, 2.45) is 5.73 Å². The van der Waals surface area contributed by atoms with E-state index < -0.39 is 12.1 Å². The fraction of sp³-hybridized carbons (Fsp3) is 0.455. The minimum Gasteiger partial charge on any atom is -0.496 e. The van der Waals surface area contributed by atoms with Crippen LogP contribution in [0.25, 0.3) is 0 Å². The number of aliphatic hydroxyl groups is 1. The predicted octanol–water partition coefficient (Wildman–Crippen LogP) is 1.61. The van der Waals surface area contributed by atoms with Crippen LogP contribution in [0.4, 0.5) is 4.39 Å². The lowest BCUT2D eigenvalue weighted by molar-refractivity contribution is 0.139. The minimum absolute atomic E-state index is 0.370. The van der Waals surface area contributed by atoms with Gasteiger partial charge in [0.05, 0.1) is 19.3 Å². The molecule has 3 nitrogen and oxygen atoms in total. The molecule has 0 amide bonds. The molecule has 0 unspecified atom stereocenters. The molecule has 0 aliphatic carbocycles. The number of aliphatic hydroxyl groups excluding tert-OH is 1. The summed E-state index contributed by atoms with van der Waals surface area (Å²) in [6, 6.07) is 3.56. The summed E-state index contributed by atoms with van der Waals surface area (Å²) in [6.07, 6.45) is -0.105. The van der Waals surface area contributed by atoms with E-state index in [1.54, 1.807) is 0 Å². The Bertz CT molecular complexity index is 330. The van der Waals surface area contributed by atoms with Gasteiger partial charge in [0.15, 0.2) is 0 Å². The molecule has 0 aliphatic rings. The number of halogens is 1. The van der Waals surface area contributed by atoms with Crippen molar-refractivity contribution in [1.82, 2.24) is 0 Å². The number of hydrogen-bond donors (Lipinski definition) is 2. The number of hydrogen-bond acceptors (Lipinski definition) is 3. The van der Waals surface area contributed by atoms with Gasteiger partial charge in [-0.15, -0.1) is 0 Å². The molecular formula is C11H16FNO2. The third-order valence-electron chi connectivity index (χ3n) is 2.39. The summed E-state index contributed by atoms with van der Waals surface area (Å²) in [7, 11) is 1.45. The van der Waals surface area contributed by atoms with Crippen LogP contribution in [0, 0.1) is 5.82 Å². The average molecular weight is 213 g/mol. The second kappa shape index (κ2) is 5.09. The Morgan fingerprint density at radius 3 is 2.73 bits per heavy atom. The highest BCUT2D eigenvalue weighted by Crippen LogP contribution is 2.27. The SMILES string of the molecule is CC[C@@H](O)[C@@H](N)c1ccc(F)cc1OC. The lowest BCUT2D eigenvalue weighted by Gasteiger charge is -2.19. The standard InChI is InChI=1S/C11H16FNO2/c1-3-9(14)11(13)8-5-4-7(12)6-10(8)15-2/h4-6,9,11,14H,3,13H2,1-2H3/t9-,11+/m1/s1. The van der Waals surface area contributed by atoms with Crippen LogP contribution < -0.4 is 10.5 Å². The van der Waals surface area contributed by atoms with E-state index in [1.807, 2.05) is 6.92 Å². The van der Waals surface area contributed by atoms with Gasteiger partial charge in [-0.1, -0.05) is 13.0 Å². The smallest absolute Gasteiger partial charge is 0.126 e. The summed E-state index contributed by atoms with van der Waals surface area (Å²) in [5.74, 6) is -0.0104. The summed E-state index contributed by atoms with van der Waals surface area (Å²) in [5, 5.41) is 9.59. The number of benzene rings is 1. The molecule has 2 atom stereocenters. The Morgan fingerprint density at radius 1 is 1.53 bits per heavy atom. The van der Waals surface area contributed by atoms with Gasteiger partial charge in [0.2, 0.25) is 0 Å². The van der Waals surface area contributed by atoms with Crippen LogP contribution >= 0.6 is 0 Å². The quantitative estimate of drug-likeness (QED) is 0.798. The van der Waals surface area contributed by atoms with Gasteiger partial charge in [0.25, 0.3) is 0 Å². The summed E-state index contributed by atoms with van der Waals surface area (Å²) in [6.45, 7) is 1.83. The van der Waals surface area contributed by atoms with E-state index in [-0.39, 0.29) is 5.82 Å². The first-order valence-electron chi connectivity index (χ1n) is 4.87. The molecule has 84 valence electrons. The van der Waals surface area contributed by atoms with Crippen LogP contribution in [-0.2, 0) is 0 Å². The Kier molecular flexibility index (Phi) is 4.05. The Balaban J connectivity index is 3.02. The molecule has 0 saturated heterocycles. The first-order valence-corrected chi connectivity index (χ1v) is 4.87. The van der Waals surface area contributed by atoms with Crippen molar-refractivity contribution in [3.63, 3.8) is 0 Å². The largest absolute Gasteiger partial charge is 0.496 e. The molecule has 1 aromatic carbocycles. The van der Waals surface area contributed by atoms with Crippen LogP contribution in [0.5, 0.6) is 5.75 Å². The molecule has 0 saturated carbocycles. The minimum atomic E-state index is -0.649. The molecule has 0 radical (unpaired) electrons. The summed E-state index contributed by atoms with van der Waals surface area (Å²) in [4.78, 5) is 0. The van der Waals surface area contributed by atoms with Gasteiger partial charge in [-0.05, 0) is 12.5 Å². The van der Waals surface area contributed by atoms with Crippen LogP contribution in [-0.4, -0.2) is 18.3 Å². The van der Waals surface area contributed by atoms with E-state index in [0.29, 0.717) is 17.7 Å². The lowest BCUT2D eigenvalue weighted by atomic mass is 10.00. The lowest BCUT2D eigenvalue weighted by Crippen LogP contribution is -2.25. The van der Waals surface area contributed by atoms with E-state index in [1.165, 1.54) is 25.3 Å². The van der Waals surface area contributed by atoms with Crippen LogP contribution in [0.15, 0.2) is 18.2 Å². The monoisotopic (exact) mass is 213 g/mol. The first kappa shape index (κ1) is 11.9. The second-order valence-electron chi connectivity index (χ2n) is 3.39. The maximum Gasteiger partial charge on any atom is 0.126 e. The normalized spacial score (nSPS) is 14.7. The van der Waals surface area contributed by atoms with Crippen molar-refractivity contribution in [2.75, 3.05) is 7.11 Å².